The van der Waals surface area contributed by atoms with E-state index in [1.165, 1.54) is 0 Å². The highest BCUT2D eigenvalue weighted by atomic mass is 35.5. The molecule has 2 nitrogen and oxygen atoms in total. The van der Waals surface area contributed by atoms with Crippen molar-refractivity contribution in [2.75, 3.05) is 0 Å². The fourth-order valence-electron chi connectivity index (χ4n) is 1.89. The molecule has 0 radical (unpaired) electrons. The Morgan fingerprint density at radius 3 is 1.75 bits per heavy atom. The van der Waals surface area contributed by atoms with Gasteiger partial charge < -0.3 is 4.42 Å². The maximum atomic E-state index is 5.90. The lowest BCUT2D eigenvalue weighted by Gasteiger charge is -2.02. The molecule has 0 saturated heterocycles. The zero-order valence-electron chi connectivity index (χ0n) is 10.1. The summed E-state index contributed by atoms with van der Waals surface area (Å²) >= 11 is 17.7. The van der Waals surface area contributed by atoms with Gasteiger partial charge in [-0.25, -0.2) is 0 Å². The highest BCUT2D eigenvalue weighted by Crippen LogP contribution is 2.34. The van der Waals surface area contributed by atoms with Crippen molar-refractivity contribution >= 4 is 34.8 Å². The Bertz CT molecular complexity index is 670. The smallest absolute Gasteiger partial charge is 0.293 e. The van der Waals surface area contributed by atoms with Gasteiger partial charge in [0.05, 0.1) is 0 Å². The summed E-state index contributed by atoms with van der Waals surface area (Å²) in [5, 5.41) is 1.42. The first-order chi connectivity index (χ1) is 9.63. The Labute approximate surface area is 130 Å². The second-order valence-corrected chi connectivity index (χ2v) is 5.35. The predicted octanol–water partition coefficient (Wildman–Crippen LogP) is 5.97. The molecule has 0 saturated carbocycles. The highest BCUT2D eigenvalue weighted by Gasteiger charge is 2.15. The molecule has 3 rings (SSSR count). The molecule has 0 N–H and O–H groups in total. The van der Waals surface area contributed by atoms with Crippen LogP contribution in [0.4, 0.5) is 0 Å². The Morgan fingerprint density at radius 2 is 1.20 bits per heavy atom. The number of halogens is 3. The summed E-state index contributed by atoms with van der Waals surface area (Å²) in [5.74, 6) is 0.606. The molecule has 100 valence electrons. The molecule has 0 fully saturated rings. The number of hydrogen-bond acceptors (Lipinski definition) is 2. The first-order valence-corrected chi connectivity index (χ1v) is 6.95. The van der Waals surface area contributed by atoms with Crippen molar-refractivity contribution in [2.24, 2.45) is 0 Å². The minimum absolute atomic E-state index is 0.0971. The highest BCUT2D eigenvalue weighted by molar-refractivity contribution is 6.31. The third kappa shape index (κ3) is 2.68. The number of aromatic nitrogens is 1. The molecule has 0 amide bonds. The van der Waals surface area contributed by atoms with Crippen LogP contribution in [0, 0.1) is 0 Å². The average molecular weight is 325 g/mol. The maximum Gasteiger partial charge on any atom is 0.293 e. The maximum absolute atomic E-state index is 5.90. The van der Waals surface area contributed by atoms with Crippen LogP contribution in [0.5, 0.6) is 0 Å². The normalized spacial score (nSPS) is 10.8. The Hall–Kier alpha value is -1.48. The van der Waals surface area contributed by atoms with Gasteiger partial charge in [0.25, 0.3) is 5.35 Å². The molecular formula is C15H8Cl3NO. The summed E-state index contributed by atoms with van der Waals surface area (Å²) < 4.78 is 5.50. The van der Waals surface area contributed by atoms with Crippen molar-refractivity contribution in [1.82, 2.24) is 4.98 Å². The van der Waals surface area contributed by atoms with E-state index in [-0.39, 0.29) is 5.35 Å². The largest absolute Gasteiger partial charge is 0.427 e. The molecule has 20 heavy (non-hydrogen) atoms. The van der Waals surface area contributed by atoms with Gasteiger partial charge in [0.1, 0.15) is 5.69 Å². The van der Waals surface area contributed by atoms with Crippen molar-refractivity contribution in [3.8, 4) is 22.6 Å². The summed E-state index contributed by atoms with van der Waals surface area (Å²) in [6.45, 7) is 0. The summed E-state index contributed by atoms with van der Waals surface area (Å²) in [6, 6.07) is 14.6. The van der Waals surface area contributed by atoms with Crippen LogP contribution >= 0.6 is 34.8 Å². The van der Waals surface area contributed by atoms with Crippen molar-refractivity contribution < 1.29 is 4.42 Å². The minimum Gasteiger partial charge on any atom is -0.427 e. The number of oxazole rings is 1. The first-order valence-electron chi connectivity index (χ1n) is 5.82. The van der Waals surface area contributed by atoms with Crippen molar-refractivity contribution in [1.29, 1.82) is 0 Å². The van der Waals surface area contributed by atoms with E-state index in [0.717, 1.165) is 11.1 Å². The van der Waals surface area contributed by atoms with Gasteiger partial charge in [0.2, 0.25) is 0 Å². The van der Waals surface area contributed by atoms with Gasteiger partial charge in [0, 0.05) is 21.2 Å². The second kappa shape index (κ2) is 5.49. The number of benzene rings is 2. The number of nitrogens with zero attached hydrogens (tertiary/aromatic N) is 1. The van der Waals surface area contributed by atoms with Gasteiger partial charge in [-0.15, -0.1) is 0 Å². The van der Waals surface area contributed by atoms with Crippen LogP contribution < -0.4 is 0 Å². The molecule has 3 aromatic rings. The van der Waals surface area contributed by atoms with Crippen LogP contribution in [0.25, 0.3) is 22.6 Å². The summed E-state index contributed by atoms with van der Waals surface area (Å²) in [6.07, 6.45) is 0. The van der Waals surface area contributed by atoms with Gasteiger partial charge in [-0.1, -0.05) is 35.3 Å². The topological polar surface area (TPSA) is 26.0 Å². The van der Waals surface area contributed by atoms with Gasteiger partial charge in [-0.2, -0.15) is 4.98 Å². The summed E-state index contributed by atoms with van der Waals surface area (Å²) in [4.78, 5) is 4.23. The lowest BCUT2D eigenvalue weighted by molar-refractivity contribution is 0.574. The van der Waals surface area contributed by atoms with Gasteiger partial charge in [0.15, 0.2) is 5.76 Å². The first kappa shape index (κ1) is 13.5. The van der Waals surface area contributed by atoms with E-state index in [1.807, 2.05) is 24.3 Å². The summed E-state index contributed by atoms with van der Waals surface area (Å²) in [7, 11) is 0. The third-order valence-electron chi connectivity index (χ3n) is 2.83. The zero-order chi connectivity index (χ0) is 14.1. The van der Waals surface area contributed by atoms with Crippen molar-refractivity contribution in [2.45, 2.75) is 0 Å². The quantitative estimate of drug-likeness (QED) is 0.580. The zero-order valence-corrected chi connectivity index (χ0v) is 12.4. The van der Waals surface area contributed by atoms with Crippen LogP contribution in [0.15, 0.2) is 52.9 Å². The molecule has 0 spiro atoms. The second-order valence-electron chi connectivity index (χ2n) is 4.16. The van der Waals surface area contributed by atoms with Crippen LogP contribution in [-0.4, -0.2) is 4.98 Å². The van der Waals surface area contributed by atoms with Crippen molar-refractivity contribution in [3.05, 3.63) is 63.9 Å². The Balaban J connectivity index is 2.12. The molecule has 0 aliphatic carbocycles. The molecular weight excluding hydrogens is 317 g/mol. The molecule has 2 aromatic carbocycles. The molecule has 1 aromatic heterocycles. The molecule has 0 bridgehead atoms. The van der Waals surface area contributed by atoms with E-state index in [1.54, 1.807) is 24.3 Å². The lowest BCUT2D eigenvalue weighted by atomic mass is 10.1. The fourth-order valence-corrected chi connectivity index (χ4v) is 2.31. The van der Waals surface area contributed by atoms with Crippen molar-refractivity contribution in [3.63, 3.8) is 0 Å². The standard InChI is InChI=1S/C15H8Cl3NO/c16-11-5-1-9(2-6-11)13-14(20-15(18)19-13)10-3-7-12(17)8-4-10/h1-8H. The molecule has 0 unspecified atom stereocenters. The van der Waals surface area contributed by atoms with E-state index in [9.17, 15) is 0 Å². The minimum atomic E-state index is 0.0971. The third-order valence-corrected chi connectivity index (χ3v) is 3.49. The fraction of sp³-hybridized carbons (Fsp3) is 0. The molecule has 0 aliphatic heterocycles. The molecule has 5 heteroatoms. The van der Waals surface area contributed by atoms with Crippen LogP contribution in [-0.2, 0) is 0 Å². The van der Waals surface area contributed by atoms with E-state index < -0.39 is 0 Å². The average Bonchev–Trinajstić information content (AvgIpc) is 2.82. The Morgan fingerprint density at radius 1 is 0.700 bits per heavy atom. The Kier molecular flexibility index (Phi) is 3.70. The molecule has 0 aliphatic rings. The van der Waals surface area contributed by atoms with E-state index in [0.29, 0.717) is 21.5 Å². The molecule has 0 atom stereocenters. The SMILES string of the molecule is Clc1ccc(-c2nc(Cl)oc2-c2ccc(Cl)cc2)cc1. The van der Waals surface area contributed by atoms with Crippen LogP contribution in [0.1, 0.15) is 0 Å². The van der Waals surface area contributed by atoms with Gasteiger partial charge >= 0.3 is 0 Å². The lowest BCUT2D eigenvalue weighted by Crippen LogP contribution is -1.82. The monoisotopic (exact) mass is 323 g/mol. The van der Waals surface area contributed by atoms with Crippen LogP contribution in [0.3, 0.4) is 0 Å². The van der Waals surface area contributed by atoms with Crippen LogP contribution in [0.2, 0.25) is 15.4 Å². The predicted molar refractivity (Wildman–Crippen MR) is 82.4 cm³/mol. The van der Waals surface area contributed by atoms with Gasteiger partial charge in [-0.05, 0) is 48.0 Å². The number of rotatable bonds is 2. The summed E-state index contributed by atoms with van der Waals surface area (Å²) in [5.41, 5.74) is 2.42. The van der Waals surface area contributed by atoms with E-state index in [4.69, 9.17) is 39.2 Å². The molecule has 1 heterocycles. The number of hydrogen-bond donors (Lipinski definition) is 0. The van der Waals surface area contributed by atoms with E-state index >= 15 is 0 Å². The van der Waals surface area contributed by atoms with E-state index in [2.05, 4.69) is 4.98 Å². The van der Waals surface area contributed by atoms with Gasteiger partial charge in [-0.3, -0.25) is 0 Å².